The highest BCUT2D eigenvalue weighted by Gasteiger charge is 2.29. The van der Waals surface area contributed by atoms with E-state index >= 15 is 0 Å². The van der Waals surface area contributed by atoms with Crippen LogP contribution in [-0.2, 0) is 9.59 Å². The van der Waals surface area contributed by atoms with E-state index in [1.54, 1.807) is 41.3 Å². The molecule has 1 aliphatic heterocycles. The predicted octanol–water partition coefficient (Wildman–Crippen LogP) is 4.09. The number of rotatable bonds is 6. The molecule has 8 heteroatoms. The van der Waals surface area contributed by atoms with E-state index in [-0.39, 0.29) is 25.0 Å². The zero-order valence-electron chi connectivity index (χ0n) is 19.1. The van der Waals surface area contributed by atoms with Gasteiger partial charge >= 0.3 is 0 Å². The van der Waals surface area contributed by atoms with Crippen molar-refractivity contribution in [1.82, 2.24) is 15.8 Å². The van der Waals surface area contributed by atoms with E-state index < -0.39 is 11.8 Å². The Labute approximate surface area is 209 Å². The van der Waals surface area contributed by atoms with Gasteiger partial charge in [-0.15, -0.1) is 0 Å². The van der Waals surface area contributed by atoms with Gasteiger partial charge in [-0.2, -0.15) is 0 Å². The quantitative estimate of drug-likeness (QED) is 0.508. The molecule has 0 saturated carbocycles. The molecule has 1 saturated heterocycles. The molecular formula is C27H26ClN3O4. The summed E-state index contributed by atoms with van der Waals surface area (Å²) in [5.74, 6) is -0.814. The lowest BCUT2D eigenvalue weighted by molar-refractivity contribution is -0.132. The van der Waals surface area contributed by atoms with Gasteiger partial charge in [0.2, 0.25) is 5.91 Å². The monoisotopic (exact) mass is 491 g/mol. The molecule has 180 valence electrons. The molecule has 3 amide bonds. The van der Waals surface area contributed by atoms with Crippen LogP contribution in [0.25, 0.3) is 11.1 Å². The maximum Gasteiger partial charge on any atom is 0.276 e. The number of nitrogens with one attached hydrogen (secondary N) is 2. The number of nitrogens with zero attached hydrogens (tertiary/aromatic N) is 1. The van der Waals surface area contributed by atoms with Crippen LogP contribution in [0.1, 0.15) is 23.2 Å². The van der Waals surface area contributed by atoms with Crippen molar-refractivity contribution >= 4 is 29.3 Å². The number of likely N-dealkylation sites (tertiary alicyclic amines) is 1. The number of carbonyl (C=O) groups excluding carboxylic acids is 3. The summed E-state index contributed by atoms with van der Waals surface area (Å²) in [7, 11) is 0. The van der Waals surface area contributed by atoms with Crippen LogP contribution in [-0.4, -0.2) is 42.3 Å². The highest BCUT2D eigenvalue weighted by molar-refractivity contribution is 6.30. The summed E-state index contributed by atoms with van der Waals surface area (Å²) in [4.78, 5) is 39.1. The van der Waals surface area contributed by atoms with Crippen molar-refractivity contribution in [1.29, 1.82) is 0 Å². The van der Waals surface area contributed by atoms with Crippen molar-refractivity contribution in [2.75, 3.05) is 19.7 Å². The predicted molar refractivity (Wildman–Crippen MR) is 134 cm³/mol. The molecule has 3 aromatic rings. The minimum atomic E-state index is -0.476. The number of carbonyl (C=O) groups is 3. The summed E-state index contributed by atoms with van der Waals surface area (Å²) in [6.45, 7) is 0.624. The van der Waals surface area contributed by atoms with Gasteiger partial charge in [0.1, 0.15) is 5.75 Å². The highest BCUT2D eigenvalue weighted by Crippen LogP contribution is 2.22. The maximum atomic E-state index is 12.7. The van der Waals surface area contributed by atoms with Crippen molar-refractivity contribution < 1.29 is 19.1 Å². The van der Waals surface area contributed by atoms with Crippen LogP contribution in [0.15, 0.2) is 78.9 Å². The normalized spacial score (nSPS) is 15.2. The molecule has 1 unspecified atom stereocenters. The molecule has 0 radical (unpaired) electrons. The highest BCUT2D eigenvalue weighted by atomic mass is 35.5. The van der Waals surface area contributed by atoms with Crippen molar-refractivity contribution in [2.24, 2.45) is 5.92 Å². The summed E-state index contributed by atoms with van der Waals surface area (Å²) in [5.41, 5.74) is 7.51. The summed E-state index contributed by atoms with van der Waals surface area (Å²) in [6.07, 6.45) is 1.34. The van der Waals surface area contributed by atoms with Crippen LogP contribution in [0.2, 0.25) is 5.02 Å². The van der Waals surface area contributed by atoms with Gasteiger partial charge in [0.25, 0.3) is 11.8 Å². The number of halogens is 1. The van der Waals surface area contributed by atoms with Gasteiger partial charge < -0.3 is 9.64 Å². The number of hydrogen-bond donors (Lipinski definition) is 2. The minimum Gasteiger partial charge on any atom is -0.484 e. The number of hydrogen-bond acceptors (Lipinski definition) is 4. The van der Waals surface area contributed by atoms with Crippen LogP contribution >= 0.6 is 11.6 Å². The SMILES string of the molecule is O=C(COc1ccc(-c2ccccc2)cc1)NNC(=O)C1CCCN(C(=O)c2ccc(Cl)cc2)C1. The lowest BCUT2D eigenvalue weighted by Crippen LogP contribution is -2.50. The Balaban J connectivity index is 1.22. The Morgan fingerprint density at radius 1 is 0.886 bits per heavy atom. The van der Waals surface area contributed by atoms with Gasteiger partial charge in [0.05, 0.1) is 5.92 Å². The van der Waals surface area contributed by atoms with Gasteiger partial charge in [-0.1, -0.05) is 54.1 Å². The van der Waals surface area contributed by atoms with E-state index in [2.05, 4.69) is 10.9 Å². The largest absolute Gasteiger partial charge is 0.484 e. The second-order valence-electron chi connectivity index (χ2n) is 8.31. The van der Waals surface area contributed by atoms with Crippen LogP contribution in [0.4, 0.5) is 0 Å². The summed E-state index contributed by atoms with van der Waals surface area (Å²) < 4.78 is 5.52. The number of hydrazine groups is 1. The first-order valence-electron chi connectivity index (χ1n) is 11.4. The molecule has 1 fully saturated rings. The fourth-order valence-electron chi connectivity index (χ4n) is 3.94. The third-order valence-corrected chi connectivity index (χ3v) is 6.08. The summed E-state index contributed by atoms with van der Waals surface area (Å²) >= 11 is 5.89. The molecule has 3 aromatic carbocycles. The number of piperidine rings is 1. The van der Waals surface area contributed by atoms with E-state index in [0.29, 0.717) is 35.7 Å². The topological polar surface area (TPSA) is 87.7 Å². The second-order valence-corrected chi connectivity index (χ2v) is 8.75. The average molecular weight is 492 g/mol. The minimum absolute atomic E-state index is 0.144. The Kier molecular flexibility index (Phi) is 8.00. The fourth-order valence-corrected chi connectivity index (χ4v) is 4.07. The van der Waals surface area contributed by atoms with E-state index in [1.165, 1.54) is 0 Å². The van der Waals surface area contributed by atoms with Gasteiger partial charge in [0, 0.05) is 23.7 Å². The van der Waals surface area contributed by atoms with Crippen LogP contribution < -0.4 is 15.6 Å². The Hall–Kier alpha value is -3.84. The molecule has 0 spiro atoms. The number of amides is 3. The number of benzene rings is 3. The molecular weight excluding hydrogens is 466 g/mol. The first kappa shape index (κ1) is 24.3. The van der Waals surface area contributed by atoms with E-state index in [0.717, 1.165) is 11.1 Å². The fraction of sp³-hybridized carbons (Fsp3) is 0.222. The lowest BCUT2D eigenvalue weighted by atomic mass is 9.96. The molecule has 1 aliphatic rings. The van der Waals surface area contributed by atoms with Crippen molar-refractivity contribution in [3.05, 3.63) is 89.4 Å². The second kappa shape index (κ2) is 11.5. The van der Waals surface area contributed by atoms with Crippen LogP contribution in [0.5, 0.6) is 5.75 Å². The molecule has 0 aromatic heterocycles. The molecule has 1 heterocycles. The van der Waals surface area contributed by atoms with Gasteiger partial charge in [-0.05, 0) is 60.4 Å². The first-order valence-corrected chi connectivity index (χ1v) is 11.8. The summed E-state index contributed by atoms with van der Waals surface area (Å²) in [5, 5.41) is 0.557. The van der Waals surface area contributed by atoms with Gasteiger partial charge in [-0.25, -0.2) is 0 Å². The maximum absolute atomic E-state index is 12.7. The molecule has 1 atom stereocenters. The van der Waals surface area contributed by atoms with Crippen LogP contribution in [0, 0.1) is 5.92 Å². The summed E-state index contributed by atoms with van der Waals surface area (Å²) in [6, 6.07) is 24.0. The first-order chi connectivity index (χ1) is 17.0. The molecule has 35 heavy (non-hydrogen) atoms. The Morgan fingerprint density at radius 3 is 2.29 bits per heavy atom. The van der Waals surface area contributed by atoms with E-state index in [4.69, 9.17) is 16.3 Å². The number of ether oxygens (including phenoxy) is 1. The van der Waals surface area contributed by atoms with Crippen LogP contribution in [0.3, 0.4) is 0 Å². The molecule has 0 aliphatic carbocycles. The molecule has 0 bridgehead atoms. The standard InChI is InChI=1S/C27H26ClN3O4/c28-23-12-8-21(9-13-23)27(34)31-16-4-7-22(17-31)26(33)30-29-25(32)18-35-24-14-10-20(11-15-24)19-5-2-1-3-6-19/h1-3,5-6,8-15,22H,4,7,16-18H2,(H,29,32)(H,30,33). The van der Waals surface area contributed by atoms with Crippen molar-refractivity contribution in [3.63, 3.8) is 0 Å². The zero-order chi connectivity index (χ0) is 24.6. The smallest absolute Gasteiger partial charge is 0.276 e. The van der Waals surface area contributed by atoms with E-state index in [1.807, 2.05) is 42.5 Å². The molecule has 7 nitrogen and oxygen atoms in total. The third kappa shape index (κ3) is 6.61. The Bertz CT molecular complexity index is 1170. The lowest BCUT2D eigenvalue weighted by Gasteiger charge is -2.32. The molecule has 4 rings (SSSR count). The van der Waals surface area contributed by atoms with E-state index in [9.17, 15) is 14.4 Å². The van der Waals surface area contributed by atoms with Gasteiger partial charge in [0.15, 0.2) is 6.61 Å². The zero-order valence-corrected chi connectivity index (χ0v) is 19.8. The van der Waals surface area contributed by atoms with Crippen molar-refractivity contribution in [2.45, 2.75) is 12.8 Å². The van der Waals surface area contributed by atoms with Crippen molar-refractivity contribution in [3.8, 4) is 16.9 Å². The average Bonchev–Trinajstić information content (AvgIpc) is 2.91. The molecule has 2 N–H and O–H groups in total. The third-order valence-electron chi connectivity index (χ3n) is 5.83. The van der Waals surface area contributed by atoms with Gasteiger partial charge in [-0.3, -0.25) is 25.2 Å². The Morgan fingerprint density at radius 2 is 1.57 bits per heavy atom.